The average molecular weight is 379 g/mol. The maximum atomic E-state index is 6.31. The number of hydrogen-bond acceptors (Lipinski definition) is 5. The number of aromatic nitrogens is 5. The van der Waals surface area contributed by atoms with Crippen LogP contribution in [0.4, 0.5) is 5.82 Å². The molecular formula is C20H19ClN6. The summed E-state index contributed by atoms with van der Waals surface area (Å²) in [6.45, 7) is 3.15. The van der Waals surface area contributed by atoms with E-state index >= 15 is 0 Å². The molecule has 0 bridgehead atoms. The summed E-state index contributed by atoms with van der Waals surface area (Å²) in [5.41, 5.74) is 4.60. The van der Waals surface area contributed by atoms with Gasteiger partial charge in [0.05, 0.1) is 12.2 Å². The predicted octanol–water partition coefficient (Wildman–Crippen LogP) is 3.89. The van der Waals surface area contributed by atoms with E-state index in [2.05, 4.69) is 38.0 Å². The van der Waals surface area contributed by atoms with Crippen LogP contribution in [0, 0.1) is 6.92 Å². The largest absolute Gasteiger partial charge is 0.366 e. The van der Waals surface area contributed by atoms with E-state index in [1.807, 2.05) is 54.1 Å². The molecule has 0 aliphatic rings. The molecule has 27 heavy (non-hydrogen) atoms. The quantitative estimate of drug-likeness (QED) is 0.551. The normalized spacial score (nSPS) is 11.0. The molecule has 0 radical (unpaired) electrons. The lowest BCUT2D eigenvalue weighted by Crippen LogP contribution is -2.11. The summed E-state index contributed by atoms with van der Waals surface area (Å²) in [6, 6.07) is 18.1. The second-order valence-electron chi connectivity index (χ2n) is 6.33. The molecule has 0 unspecified atom stereocenters. The van der Waals surface area contributed by atoms with E-state index in [0.29, 0.717) is 17.4 Å². The monoisotopic (exact) mass is 378 g/mol. The van der Waals surface area contributed by atoms with Gasteiger partial charge < -0.3 is 5.32 Å². The molecule has 0 fully saturated rings. The van der Waals surface area contributed by atoms with Crippen molar-refractivity contribution in [2.24, 2.45) is 0 Å². The van der Waals surface area contributed by atoms with Gasteiger partial charge in [0.15, 0.2) is 5.82 Å². The van der Waals surface area contributed by atoms with E-state index in [-0.39, 0.29) is 0 Å². The maximum Gasteiger partial charge on any atom is 0.176 e. The minimum atomic E-state index is 0.522. The fourth-order valence-electron chi connectivity index (χ4n) is 3.00. The van der Waals surface area contributed by atoms with Crippen molar-refractivity contribution >= 4 is 28.5 Å². The predicted molar refractivity (Wildman–Crippen MR) is 107 cm³/mol. The Hall–Kier alpha value is -2.99. The Morgan fingerprint density at radius 3 is 2.56 bits per heavy atom. The molecule has 1 N–H and O–H groups in total. The Morgan fingerprint density at radius 2 is 1.74 bits per heavy atom. The van der Waals surface area contributed by atoms with Crippen LogP contribution in [0.1, 0.15) is 16.8 Å². The molecule has 2 aromatic carbocycles. The van der Waals surface area contributed by atoms with Crippen LogP contribution in [0.25, 0.3) is 11.0 Å². The number of nitrogens with one attached hydrogen (secondary N) is 1. The Labute approximate surface area is 162 Å². The van der Waals surface area contributed by atoms with E-state index in [9.17, 15) is 0 Å². The third-order valence-corrected chi connectivity index (χ3v) is 4.80. The smallest absolute Gasteiger partial charge is 0.176 e. The van der Waals surface area contributed by atoms with Gasteiger partial charge in [-0.25, -0.2) is 4.68 Å². The van der Waals surface area contributed by atoms with E-state index in [0.717, 1.165) is 35.3 Å². The highest BCUT2D eigenvalue weighted by Crippen LogP contribution is 2.23. The minimum absolute atomic E-state index is 0.522. The van der Waals surface area contributed by atoms with Crippen LogP contribution < -0.4 is 5.32 Å². The van der Waals surface area contributed by atoms with E-state index in [4.69, 9.17) is 11.6 Å². The van der Waals surface area contributed by atoms with Gasteiger partial charge in [-0.2, -0.15) is 5.10 Å². The number of halogens is 1. The number of aryl methyl sites for hydroxylation is 1. The van der Waals surface area contributed by atoms with Crippen molar-refractivity contribution in [3.05, 3.63) is 76.4 Å². The van der Waals surface area contributed by atoms with Gasteiger partial charge >= 0.3 is 0 Å². The van der Waals surface area contributed by atoms with Crippen LogP contribution in [-0.4, -0.2) is 31.7 Å². The minimum Gasteiger partial charge on any atom is -0.366 e. The molecule has 4 rings (SSSR count). The van der Waals surface area contributed by atoms with Gasteiger partial charge in [-0.3, -0.25) is 0 Å². The van der Waals surface area contributed by atoms with E-state index in [1.165, 1.54) is 5.56 Å². The van der Waals surface area contributed by atoms with E-state index < -0.39 is 0 Å². The Balaban J connectivity index is 1.61. The second kappa shape index (κ2) is 7.72. The number of anilines is 1. The van der Waals surface area contributed by atoms with Gasteiger partial charge in [0.2, 0.25) is 0 Å². The van der Waals surface area contributed by atoms with Gasteiger partial charge in [-0.15, -0.1) is 10.2 Å². The number of fused-ring (bicyclic) bond motifs is 1. The topological polar surface area (TPSA) is 68.5 Å². The zero-order valence-corrected chi connectivity index (χ0v) is 15.7. The Kier molecular flexibility index (Phi) is 4.98. The number of hydrogen-bond donors (Lipinski definition) is 1. The van der Waals surface area contributed by atoms with Crippen molar-refractivity contribution in [1.82, 2.24) is 25.2 Å². The zero-order chi connectivity index (χ0) is 18.6. The molecule has 0 aliphatic carbocycles. The summed E-state index contributed by atoms with van der Waals surface area (Å²) in [5, 5.41) is 21.3. The zero-order valence-electron chi connectivity index (χ0n) is 14.9. The lowest BCUT2D eigenvalue weighted by molar-refractivity contribution is 0.669. The number of nitrogens with zero attached hydrogens (tertiary/aromatic N) is 5. The first-order chi connectivity index (χ1) is 13.2. The average Bonchev–Trinajstić information content (AvgIpc) is 3.11. The van der Waals surface area contributed by atoms with Gasteiger partial charge in [0.1, 0.15) is 11.0 Å². The first-order valence-electron chi connectivity index (χ1n) is 8.80. The van der Waals surface area contributed by atoms with Gasteiger partial charge in [0.25, 0.3) is 0 Å². The summed E-state index contributed by atoms with van der Waals surface area (Å²) in [5.74, 6) is 0.684. The molecule has 2 heterocycles. The third kappa shape index (κ3) is 3.75. The highest BCUT2D eigenvalue weighted by Gasteiger charge is 2.15. The molecular weight excluding hydrogens is 360 g/mol. The van der Waals surface area contributed by atoms with Crippen molar-refractivity contribution in [1.29, 1.82) is 0 Å². The molecule has 0 atom stereocenters. The summed E-state index contributed by atoms with van der Waals surface area (Å²) >= 11 is 6.31. The van der Waals surface area contributed by atoms with Crippen LogP contribution in [0.5, 0.6) is 0 Å². The first-order valence-corrected chi connectivity index (χ1v) is 9.18. The van der Waals surface area contributed by atoms with Crippen LogP contribution >= 0.6 is 11.6 Å². The van der Waals surface area contributed by atoms with Crippen molar-refractivity contribution in [2.45, 2.75) is 19.9 Å². The summed E-state index contributed by atoms with van der Waals surface area (Å²) in [6.07, 6.45) is 0.893. The number of benzene rings is 2. The molecule has 4 aromatic rings. The molecule has 7 heteroatoms. The molecule has 6 nitrogen and oxygen atoms in total. The van der Waals surface area contributed by atoms with Crippen molar-refractivity contribution in [3.63, 3.8) is 0 Å². The fourth-order valence-corrected chi connectivity index (χ4v) is 3.19. The fraction of sp³-hybridized carbons (Fsp3) is 0.200. The highest BCUT2D eigenvalue weighted by molar-refractivity contribution is 6.31. The SMILES string of the molecule is Cc1nnc(NCCc2ccccc2)c2c1nnn2Cc1ccccc1Cl. The van der Waals surface area contributed by atoms with Crippen LogP contribution in [0.3, 0.4) is 0 Å². The third-order valence-electron chi connectivity index (χ3n) is 4.43. The van der Waals surface area contributed by atoms with Crippen molar-refractivity contribution < 1.29 is 0 Å². The van der Waals surface area contributed by atoms with Gasteiger partial charge in [0, 0.05) is 11.6 Å². The number of rotatable bonds is 6. The van der Waals surface area contributed by atoms with Crippen LogP contribution in [0.2, 0.25) is 5.02 Å². The molecule has 0 spiro atoms. The van der Waals surface area contributed by atoms with Crippen LogP contribution in [0.15, 0.2) is 54.6 Å². The molecule has 2 aromatic heterocycles. The molecule has 0 saturated heterocycles. The standard InChI is InChI=1S/C20H19ClN6/c1-14-18-19(27(26-24-18)13-16-9-5-6-10-17(16)21)20(25-23-14)22-12-11-15-7-3-2-4-8-15/h2-10H,11-13H2,1H3,(H,22,25). The highest BCUT2D eigenvalue weighted by atomic mass is 35.5. The molecule has 0 aliphatic heterocycles. The second-order valence-corrected chi connectivity index (χ2v) is 6.74. The van der Waals surface area contributed by atoms with Gasteiger partial charge in [-0.1, -0.05) is 65.3 Å². The molecule has 0 amide bonds. The first kappa shape index (κ1) is 17.4. The van der Waals surface area contributed by atoms with E-state index in [1.54, 1.807) is 0 Å². The van der Waals surface area contributed by atoms with Crippen molar-refractivity contribution in [3.8, 4) is 0 Å². The van der Waals surface area contributed by atoms with Gasteiger partial charge in [-0.05, 0) is 30.5 Å². The Morgan fingerprint density at radius 1 is 0.963 bits per heavy atom. The summed E-state index contributed by atoms with van der Waals surface area (Å²) in [4.78, 5) is 0. The molecule has 0 saturated carbocycles. The maximum absolute atomic E-state index is 6.31. The Bertz CT molecular complexity index is 1060. The molecule has 136 valence electrons. The lowest BCUT2D eigenvalue weighted by atomic mass is 10.1. The van der Waals surface area contributed by atoms with Crippen LogP contribution in [-0.2, 0) is 13.0 Å². The lowest BCUT2D eigenvalue weighted by Gasteiger charge is -2.10. The summed E-state index contributed by atoms with van der Waals surface area (Å²) in [7, 11) is 0. The summed E-state index contributed by atoms with van der Waals surface area (Å²) < 4.78 is 1.82. The van der Waals surface area contributed by atoms with Crippen molar-refractivity contribution in [2.75, 3.05) is 11.9 Å².